The molecule has 3 fully saturated rings. The number of hydroxylamine groups is 2. The van der Waals surface area contributed by atoms with Crippen molar-refractivity contribution < 1.29 is 81.6 Å². The van der Waals surface area contributed by atoms with E-state index in [1.165, 1.54) is 44.2 Å². The second-order valence-corrected chi connectivity index (χ2v) is 24.2. The minimum absolute atomic E-state index is 0.0407. The Bertz CT molecular complexity index is 3090. The smallest absolute Gasteiger partial charge is 0.409 e. The number of anilines is 1. The first-order valence-electron chi connectivity index (χ1n) is 29.2. The van der Waals surface area contributed by atoms with Crippen LogP contribution in [0.1, 0.15) is 133 Å². The molecule has 0 saturated carbocycles. The number of halogens is 2. The summed E-state index contributed by atoms with van der Waals surface area (Å²) in [5, 5.41) is 23.0. The molecule has 10 atom stereocenters. The Kier molecular flexibility index (Phi) is 23.9. The third-order valence-corrected chi connectivity index (χ3v) is 17.1. The average molecular weight is 1270 g/mol. The van der Waals surface area contributed by atoms with Gasteiger partial charge in [-0.3, -0.25) is 38.9 Å². The Labute approximate surface area is 520 Å². The van der Waals surface area contributed by atoms with Crippen molar-refractivity contribution in [3.63, 3.8) is 0 Å². The normalized spacial score (nSPS) is 24.9. The van der Waals surface area contributed by atoms with Crippen molar-refractivity contribution in [1.29, 1.82) is 0 Å². The fraction of sp³-hybridized carbons (Fsp3) is 0.557. The number of likely N-dealkylation sites (N-methyl/N-ethyl adjacent to an activating group) is 1. The van der Waals surface area contributed by atoms with Crippen LogP contribution in [0.2, 0.25) is 10.0 Å². The number of hydrogen-bond acceptors (Lipinski definition) is 17. The number of hydrogen-bond donors (Lipinski definition) is 6. The number of carbonyl (C=O) groups is 11. The highest BCUT2D eigenvalue weighted by Crippen LogP contribution is 2.49. The number of ether oxygens (including phenoxy) is 4. The van der Waals surface area contributed by atoms with Gasteiger partial charge in [0.1, 0.15) is 36.0 Å². The van der Waals surface area contributed by atoms with E-state index >= 15 is 0 Å². The lowest BCUT2D eigenvalue weighted by molar-refractivity contribution is -0.197. The maximum atomic E-state index is 14.5. The van der Waals surface area contributed by atoms with Gasteiger partial charge in [0.05, 0.1) is 39.9 Å². The number of nitrogens with one attached hydrogen (secondary N) is 4. The van der Waals surface area contributed by atoms with Gasteiger partial charge >= 0.3 is 24.1 Å². The molecule has 2 aromatic carbocycles. The van der Waals surface area contributed by atoms with Gasteiger partial charge in [0, 0.05) is 72.2 Å². The first kappa shape index (κ1) is 69.6. The van der Waals surface area contributed by atoms with Crippen molar-refractivity contribution in [2.75, 3.05) is 32.6 Å². The third-order valence-electron chi connectivity index (χ3n) is 16.3. The summed E-state index contributed by atoms with van der Waals surface area (Å²) in [6.07, 6.45) is 0.104. The molecule has 4 bridgehead atoms. The summed E-state index contributed by atoms with van der Waals surface area (Å²) in [6.45, 7) is 12.0. The largest absolute Gasteiger partial charge is 0.457 e. The van der Waals surface area contributed by atoms with Crippen molar-refractivity contribution in [2.45, 2.75) is 179 Å². The molecule has 25 nitrogen and oxygen atoms in total. The number of primary amides is 1. The number of aryl methyl sites for hydroxylation is 1. The molecular weight excluding hydrogens is 1190 g/mol. The summed E-state index contributed by atoms with van der Waals surface area (Å²) in [5.41, 5.74) is 5.12. The summed E-state index contributed by atoms with van der Waals surface area (Å²) < 4.78 is 23.9. The van der Waals surface area contributed by atoms with Crippen molar-refractivity contribution >= 4 is 94.2 Å². The number of ketones is 1. The van der Waals surface area contributed by atoms with Gasteiger partial charge in [-0.15, -0.1) is 5.06 Å². The summed E-state index contributed by atoms with van der Waals surface area (Å²) in [7, 11) is 4.31. The number of benzene rings is 2. The molecule has 88 heavy (non-hydrogen) atoms. The van der Waals surface area contributed by atoms with Crippen molar-refractivity contribution in [2.24, 2.45) is 17.6 Å². The number of Topliss-reactive ketones (excluding diaryl/α,β-unsaturated/α-hetero) is 1. The number of carbonyl (C=O) groups excluding carboxylic acids is 11. The Morgan fingerprint density at radius 2 is 1.64 bits per heavy atom. The maximum Gasteiger partial charge on any atom is 0.409 e. The van der Waals surface area contributed by atoms with Gasteiger partial charge in [-0.05, 0) is 101 Å². The Morgan fingerprint density at radius 1 is 0.955 bits per heavy atom. The van der Waals surface area contributed by atoms with Gasteiger partial charge in [0.2, 0.25) is 17.7 Å². The van der Waals surface area contributed by atoms with E-state index in [0.29, 0.717) is 33.3 Å². The highest BCUT2D eigenvalue weighted by molar-refractivity contribution is 6.35. The van der Waals surface area contributed by atoms with Crippen LogP contribution in [0.15, 0.2) is 54.1 Å². The molecule has 27 heteroatoms. The molecule has 0 spiro atoms. The molecule has 4 aliphatic heterocycles. The predicted molar refractivity (Wildman–Crippen MR) is 320 cm³/mol. The molecule has 0 radical (unpaired) electrons. The van der Waals surface area contributed by atoms with Crippen LogP contribution in [0.25, 0.3) is 0 Å². The number of allylic oxidation sites excluding steroid dienone is 3. The van der Waals surface area contributed by atoms with E-state index in [2.05, 4.69) is 21.3 Å². The van der Waals surface area contributed by atoms with Crippen LogP contribution < -0.4 is 31.9 Å². The van der Waals surface area contributed by atoms with Gasteiger partial charge in [-0.2, -0.15) is 0 Å². The van der Waals surface area contributed by atoms with Gasteiger partial charge in [0.25, 0.3) is 17.7 Å². The standard InChI is InChI=1S/C61H80Cl2N8O17/c1-32(2)53(67-47(73)18-11-12-19-51(77)88-71-48(74)22-23-49(71)75)55(78)66-41(16-14-24-65-58(64)81)43(72)29-37-20-21-39(40(62)27-37)56(79)69(8)36(6)57(80)86-46-30-50(76)70(9)42-28-38(26-34(4)52(42)63)25-33(3)15-13-17-45(84-10)61(83)31-44(85-59(82)68-61)35(5)54-60(46,7)87-54/h13,15,17,20-21,26-28,32,35-36,41,44-46,53-54,83H,11-12,14,16,18-19,22-25,29-31H2,1-10H3,(H,66,78)(H,67,73)(H,68,82)(H3,64,65,81)/b17-13+,33-15+/t35-,36+,41+,44+,45-,46+,53+,54+,60+,61+/m1/s1. The van der Waals surface area contributed by atoms with E-state index in [1.807, 2.05) is 26.0 Å². The summed E-state index contributed by atoms with van der Waals surface area (Å²) in [5.74, 6) is -6.95. The minimum atomic E-state index is -1.91. The minimum Gasteiger partial charge on any atom is -0.457 e. The van der Waals surface area contributed by atoms with Crippen molar-refractivity contribution in [1.82, 2.24) is 31.2 Å². The van der Waals surface area contributed by atoms with E-state index < -0.39 is 137 Å². The maximum absolute atomic E-state index is 14.5. The van der Waals surface area contributed by atoms with Crippen LogP contribution in [-0.4, -0.2) is 162 Å². The summed E-state index contributed by atoms with van der Waals surface area (Å²) in [4.78, 5) is 152. The average Bonchev–Trinajstić information content (AvgIpc) is 1.62. The van der Waals surface area contributed by atoms with Gasteiger partial charge in [-0.25, -0.2) is 19.2 Å². The van der Waals surface area contributed by atoms with Gasteiger partial charge < -0.3 is 60.4 Å². The molecule has 2 aromatic rings. The first-order chi connectivity index (χ1) is 41.4. The molecule has 3 saturated heterocycles. The van der Waals surface area contributed by atoms with Crippen LogP contribution >= 0.6 is 23.2 Å². The first-order valence-corrected chi connectivity index (χ1v) is 29.9. The Balaban J connectivity index is 1.14. The second-order valence-electron chi connectivity index (χ2n) is 23.4. The van der Waals surface area contributed by atoms with E-state index in [4.69, 9.17) is 52.7 Å². The fourth-order valence-electron chi connectivity index (χ4n) is 10.8. The lowest BCUT2D eigenvalue weighted by Crippen LogP contribution is -2.63. The molecule has 0 aromatic heterocycles. The summed E-state index contributed by atoms with van der Waals surface area (Å²) in [6, 6.07) is 3.62. The van der Waals surface area contributed by atoms with Crippen LogP contribution in [0.3, 0.4) is 0 Å². The zero-order valence-electron chi connectivity index (χ0n) is 51.2. The number of rotatable bonds is 22. The fourth-order valence-corrected chi connectivity index (χ4v) is 11.3. The number of nitrogens with zero attached hydrogens (tertiary/aromatic N) is 3. The van der Waals surface area contributed by atoms with E-state index in [1.54, 1.807) is 53.0 Å². The van der Waals surface area contributed by atoms with Crippen LogP contribution in [0.5, 0.6) is 0 Å². The quantitative estimate of drug-likeness (QED) is 0.0385. The number of amides is 9. The van der Waals surface area contributed by atoms with Crippen molar-refractivity contribution in [3.8, 4) is 0 Å². The summed E-state index contributed by atoms with van der Waals surface area (Å²) >= 11 is 13.6. The number of aliphatic hydroxyl groups is 1. The number of imide groups is 1. The Hall–Kier alpha value is -7.45. The van der Waals surface area contributed by atoms with Crippen molar-refractivity contribution in [3.05, 3.63) is 86.4 Å². The number of epoxide rings is 1. The molecule has 7 N–H and O–H groups in total. The van der Waals surface area contributed by atoms with Gasteiger partial charge in [-0.1, -0.05) is 79.9 Å². The number of nitrogens with two attached hydrogens (primary N) is 1. The second kappa shape index (κ2) is 30.2. The van der Waals surface area contributed by atoms with Gasteiger partial charge in [0.15, 0.2) is 11.5 Å². The molecule has 0 aliphatic carbocycles. The SMILES string of the molecule is CO[C@@H]1/C=C/C=C(\C)Cc2cc(C)c(Cl)c(c2)N(C)C(=O)C[C@H](OC(=O)[C@H](C)N(C)C(=O)c2ccc(CC(=O)[C@H](CCCNC(N)=O)NC(=O)[C@@H](NC(=O)CCCCC(=O)ON3C(=O)CCC3=O)C(C)C)cc2Cl)[C@]2(C)O[C@H]2[C@H](C)[C@@H]2C[C@@]1(O)NC(=O)O2. The highest BCUT2D eigenvalue weighted by Gasteiger charge is 2.64. The number of alkyl carbamates (subject to hydrolysis) is 1. The zero-order chi connectivity index (χ0) is 65.1. The zero-order valence-corrected chi connectivity index (χ0v) is 52.7. The number of methoxy groups -OCH3 is 1. The van der Waals surface area contributed by atoms with Crippen LogP contribution in [0, 0.1) is 18.8 Å². The van der Waals surface area contributed by atoms with E-state index in [-0.39, 0.29) is 81.3 Å². The third kappa shape index (κ3) is 17.7. The molecular formula is C61H80Cl2N8O17. The molecule has 4 aliphatic rings. The Morgan fingerprint density at radius 3 is 2.28 bits per heavy atom. The molecule has 4 heterocycles. The number of unbranched alkanes of at least 4 members (excludes halogenated alkanes) is 1. The highest BCUT2D eigenvalue weighted by atomic mass is 35.5. The molecule has 9 amide bonds. The predicted octanol–water partition coefficient (Wildman–Crippen LogP) is 5.13. The van der Waals surface area contributed by atoms with E-state index in [9.17, 15) is 57.8 Å². The molecule has 0 unspecified atom stereocenters. The number of esters is 1. The molecule has 480 valence electrons. The monoisotopic (exact) mass is 1270 g/mol. The van der Waals surface area contributed by atoms with Crippen LogP contribution in [-0.2, 0) is 75.0 Å². The van der Waals surface area contributed by atoms with E-state index in [0.717, 1.165) is 16.0 Å². The topological polar surface area (TPSA) is 341 Å². The number of fused-ring (bicyclic) bond motifs is 5. The number of urea groups is 1. The lowest BCUT2D eigenvalue weighted by atomic mass is 9.83. The lowest BCUT2D eigenvalue weighted by Gasteiger charge is -2.42. The molecule has 6 rings (SSSR count). The van der Waals surface area contributed by atoms with Crippen LogP contribution in [0.4, 0.5) is 15.3 Å².